The van der Waals surface area contributed by atoms with Gasteiger partial charge in [0.25, 0.3) is 0 Å². The highest BCUT2D eigenvalue weighted by atomic mass is 14.6. The molecule has 0 spiro atoms. The van der Waals surface area contributed by atoms with Gasteiger partial charge in [-0.1, -0.05) is 19.1 Å². The van der Waals surface area contributed by atoms with Crippen molar-refractivity contribution in [1.29, 1.82) is 0 Å². The molecule has 0 heterocycles. The minimum absolute atomic E-state index is 0.656. The molecule has 2 rings (SSSR count). The summed E-state index contributed by atoms with van der Waals surface area (Å²) in [6, 6.07) is 6.22. The lowest BCUT2D eigenvalue weighted by Gasteiger charge is -2.08. The molecule has 0 amide bonds. The van der Waals surface area contributed by atoms with E-state index in [1.807, 2.05) is 12.1 Å². The van der Waals surface area contributed by atoms with Crippen molar-refractivity contribution in [3.63, 3.8) is 0 Å². The van der Waals surface area contributed by atoms with Gasteiger partial charge in [0.1, 0.15) is 0 Å². The summed E-state index contributed by atoms with van der Waals surface area (Å²) in [6.07, 6.45) is 3.37. The molecule has 1 atom stereocenters. The molecular formula is C11H14N. The van der Waals surface area contributed by atoms with Gasteiger partial charge in [-0.05, 0) is 42.4 Å². The molecule has 1 aliphatic rings. The molecule has 1 nitrogen and oxygen atoms in total. The van der Waals surface area contributed by atoms with Crippen LogP contribution in [0.2, 0.25) is 0 Å². The molecule has 63 valence electrons. The third-order valence-electron chi connectivity index (χ3n) is 2.78. The fourth-order valence-corrected chi connectivity index (χ4v) is 2.07. The first kappa shape index (κ1) is 7.66. The second-order valence-electron chi connectivity index (χ2n) is 3.44. The van der Waals surface area contributed by atoms with Crippen LogP contribution in [0.15, 0.2) is 18.2 Å². The molecule has 0 fully saturated rings. The quantitative estimate of drug-likeness (QED) is 0.628. The zero-order valence-corrected chi connectivity index (χ0v) is 7.22. The van der Waals surface area contributed by atoms with Gasteiger partial charge < -0.3 is 5.73 Å². The van der Waals surface area contributed by atoms with Crippen molar-refractivity contribution < 1.29 is 0 Å². The molecule has 0 saturated carbocycles. The number of benzene rings is 1. The summed E-state index contributed by atoms with van der Waals surface area (Å²) >= 11 is 0. The lowest BCUT2D eigenvalue weighted by atomic mass is 9.98. The second-order valence-corrected chi connectivity index (χ2v) is 3.44. The minimum Gasteiger partial charge on any atom is -0.398 e. The van der Waals surface area contributed by atoms with E-state index in [0.717, 1.165) is 18.5 Å². The largest absolute Gasteiger partial charge is 0.398 e. The SMILES string of the molecule is [CH2]CC1CCc2c(N)cccc21. The van der Waals surface area contributed by atoms with Crippen LogP contribution in [0.5, 0.6) is 0 Å². The van der Waals surface area contributed by atoms with Gasteiger partial charge in [0, 0.05) is 5.69 Å². The summed E-state index contributed by atoms with van der Waals surface area (Å²) in [4.78, 5) is 0. The van der Waals surface area contributed by atoms with E-state index in [1.165, 1.54) is 17.5 Å². The van der Waals surface area contributed by atoms with Crippen LogP contribution in [0.1, 0.15) is 29.9 Å². The predicted octanol–water partition coefficient (Wildman–Crippen LogP) is 2.52. The van der Waals surface area contributed by atoms with E-state index >= 15 is 0 Å². The van der Waals surface area contributed by atoms with Crippen molar-refractivity contribution in [3.8, 4) is 0 Å². The number of nitrogen functional groups attached to an aromatic ring is 1. The van der Waals surface area contributed by atoms with E-state index in [4.69, 9.17) is 5.73 Å². The van der Waals surface area contributed by atoms with E-state index < -0.39 is 0 Å². The molecule has 1 aromatic carbocycles. The number of fused-ring (bicyclic) bond motifs is 1. The van der Waals surface area contributed by atoms with E-state index in [-0.39, 0.29) is 0 Å². The third kappa shape index (κ3) is 1.01. The van der Waals surface area contributed by atoms with Gasteiger partial charge in [-0.15, -0.1) is 0 Å². The van der Waals surface area contributed by atoms with Crippen molar-refractivity contribution in [2.75, 3.05) is 5.73 Å². The van der Waals surface area contributed by atoms with Crippen LogP contribution in [0.3, 0.4) is 0 Å². The van der Waals surface area contributed by atoms with Crippen LogP contribution in [0.25, 0.3) is 0 Å². The van der Waals surface area contributed by atoms with Crippen molar-refractivity contribution in [3.05, 3.63) is 36.2 Å². The number of nitrogens with two attached hydrogens (primary N) is 1. The van der Waals surface area contributed by atoms with Gasteiger partial charge in [0.2, 0.25) is 0 Å². The fraction of sp³-hybridized carbons (Fsp3) is 0.364. The summed E-state index contributed by atoms with van der Waals surface area (Å²) in [6.45, 7) is 3.96. The average molecular weight is 160 g/mol. The summed E-state index contributed by atoms with van der Waals surface area (Å²) < 4.78 is 0. The molecule has 1 radical (unpaired) electrons. The van der Waals surface area contributed by atoms with Crippen molar-refractivity contribution >= 4 is 5.69 Å². The lowest BCUT2D eigenvalue weighted by molar-refractivity contribution is 0.687. The van der Waals surface area contributed by atoms with Crippen molar-refractivity contribution in [1.82, 2.24) is 0 Å². The predicted molar refractivity (Wildman–Crippen MR) is 51.9 cm³/mol. The fourth-order valence-electron chi connectivity index (χ4n) is 2.07. The van der Waals surface area contributed by atoms with Crippen LogP contribution in [-0.2, 0) is 6.42 Å². The van der Waals surface area contributed by atoms with Crippen molar-refractivity contribution in [2.24, 2.45) is 0 Å². The molecule has 1 heteroatoms. The Morgan fingerprint density at radius 2 is 2.33 bits per heavy atom. The highest BCUT2D eigenvalue weighted by Gasteiger charge is 2.21. The minimum atomic E-state index is 0.656. The maximum Gasteiger partial charge on any atom is 0.0349 e. The van der Waals surface area contributed by atoms with Gasteiger partial charge >= 0.3 is 0 Å². The molecule has 0 aromatic heterocycles. The van der Waals surface area contributed by atoms with Crippen LogP contribution >= 0.6 is 0 Å². The number of hydrogen-bond acceptors (Lipinski definition) is 1. The smallest absolute Gasteiger partial charge is 0.0349 e. The van der Waals surface area contributed by atoms with Crippen LogP contribution in [0, 0.1) is 6.92 Å². The highest BCUT2D eigenvalue weighted by Crippen LogP contribution is 2.37. The Balaban J connectivity index is 2.46. The average Bonchev–Trinajstić information content (AvgIpc) is 2.49. The van der Waals surface area contributed by atoms with Crippen LogP contribution < -0.4 is 5.73 Å². The third-order valence-corrected chi connectivity index (χ3v) is 2.78. The van der Waals surface area contributed by atoms with Gasteiger partial charge in [0.05, 0.1) is 0 Å². The summed E-state index contributed by atoms with van der Waals surface area (Å²) in [5.41, 5.74) is 9.63. The van der Waals surface area contributed by atoms with Crippen LogP contribution in [-0.4, -0.2) is 0 Å². The van der Waals surface area contributed by atoms with E-state index in [9.17, 15) is 0 Å². The van der Waals surface area contributed by atoms with E-state index in [2.05, 4.69) is 13.0 Å². The van der Waals surface area contributed by atoms with Crippen molar-refractivity contribution in [2.45, 2.75) is 25.2 Å². The molecule has 1 unspecified atom stereocenters. The van der Waals surface area contributed by atoms with E-state index in [1.54, 1.807) is 0 Å². The Bertz CT molecular complexity index is 291. The van der Waals surface area contributed by atoms with Crippen LogP contribution in [0.4, 0.5) is 5.69 Å². The lowest BCUT2D eigenvalue weighted by Crippen LogP contribution is -1.94. The first-order chi connectivity index (χ1) is 5.83. The number of anilines is 1. The number of rotatable bonds is 1. The van der Waals surface area contributed by atoms with Gasteiger partial charge in [-0.25, -0.2) is 0 Å². The molecule has 12 heavy (non-hydrogen) atoms. The monoisotopic (exact) mass is 160 g/mol. The summed E-state index contributed by atoms with van der Waals surface area (Å²) in [5, 5.41) is 0. The molecule has 0 saturated heterocycles. The maximum atomic E-state index is 5.87. The zero-order valence-electron chi connectivity index (χ0n) is 7.22. The topological polar surface area (TPSA) is 26.0 Å². The zero-order chi connectivity index (χ0) is 8.55. The van der Waals surface area contributed by atoms with Gasteiger partial charge in [-0.3, -0.25) is 0 Å². The Morgan fingerprint density at radius 3 is 3.08 bits per heavy atom. The van der Waals surface area contributed by atoms with E-state index in [0.29, 0.717) is 5.92 Å². The molecule has 0 aliphatic heterocycles. The molecule has 0 bridgehead atoms. The molecule has 1 aliphatic carbocycles. The maximum absolute atomic E-state index is 5.87. The Hall–Kier alpha value is -0.980. The highest BCUT2D eigenvalue weighted by molar-refractivity contribution is 5.54. The standard InChI is InChI=1S/C11H14N/c1-2-8-6-7-10-9(8)4-3-5-11(10)12/h3-5,8H,1-2,6-7,12H2. The summed E-state index contributed by atoms with van der Waals surface area (Å²) in [5.74, 6) is 0.656. The second kappa shape index (κ2) is 2.81. The first-order valence-corrected chi connectivity index (χ1v) is 4.49. The Kier molecular flexibility index (Phi) is 1.80. The molecule has 1 aromatic rings. The Labute approximate surface area is 73.6 Å². The summed E-state index contributed by atoms with van der Waals surface area (Å²) in [7, 11) is 0. The normalized spacial score (nSPS) is 20.9. The number of hydrogen-bond donors (Lipinski definition) is 1. The van der Waals surface area contributed by atoms with Gasteiger partial charge in [-0.2, -0.15) is 0 Å². The first-order valence-electron chi connectivity index (χ1n) is 4.49. The van der Waals surface area contributed by atoms with Gasteiger partial charge in [0.15, 0.2) is 0 Å². The molecule has 2 N–H and O–H groups in total. The Morgan fingerprint density at radius 1 is 1.50 bits per heavy atom. The molecular weight excluding hydrogens is 146 g/mol.